The molecule has 11 nitrogen and oxygen atoms in total. The molecule has 0 spiro atoms. The number of ether oxygens (including phenoxy) is 1. The Morgan fingerprint density at radius 1 is 1.08 bits per heavy atom. The number of aliphatic hydroxyl groups excluding tert-OH is 1. The third-order valence-electron chi connectivity index (χ3n) is 6.01. The van der Waals surface area contributed by atoms with Crippen LogP contribution >= 0.6 is 11.6 Å². The van der Waals surface area contributed by atoms with Crippen LogP contribution in [0, 0.1) is 0 Å². The van der Waals surface area contributed by atoms with Gasteiger partial charge in [0.05, 0.1) is 36.9 Å². The molecule has 0 saturated carbocycles. The number of aromatic nitrogens is 1. The van der Waals surface area contributed by atoms with Crippen LogP contribution in [0.5, 0.6) is 5.75 Å². The van der Waals surface area contributed by atoms with E-state index < -0.39 is 18.3 Å². The topological polar surface area (TPSA) is 156 Å². The molecule has 2 unspecified atom stereocenters. The highest BCUT2D eigenvalue weighted by Gasteiger charge is 2.18. The second-order valence-electron chi connectivity index (χ2n) is 8.98. The van der Waals surface area contributed by atoms with E-state index in [4.69, 9.17) is 31.5 Å². The number of aliphatic carboxylic acids is 2. The summed E-state index contributed by atoms with van der Waals surface area (Å²) in [5.41, 5.74) is 2.53. The number of carboxylic acids is 2. The molecule has 206 valence electrons. The first-order chi connectivity index (χ1) is 18.2. The largest absolute Gasteiger partial charge is 0.497 e. The van der Waals surface area contributed by atoms with Crippen molar-refractivity contribution >= 4 is 51.0 Å². The molecule has 0 bridgehead atoms. The maximum atomic E-state index is 11.2. The number of aliphatic hydroxyl groups is 1. The van der Waals surface area contributed by atoms with Crippen molar-refractivity contribution in [1.29, 1.82) is 0 Å². The third-order valence-corrected chi connectivity index (χ3v) is 6.25. The summed E-state index contributed by atoms with van der Waals surface area (Å²) in [5, 5.41) is 40.0. The monoisotopic (exact) mass is 547 g/mol. The molecule has 2 atom stereocenters. The Hall–Kier alpha value is -3.22. The van der Waals surface area contributed by atoms with Crippen LogP contribution in [0.15, 0.2) is 36.4 Å². The number of rotatable bonds is 16. The quantitative estimate of drug-likeness (QED) is 0.0889. The van der Waals surface area contributed by atoms with E-state index in [1.165, 1.54) is 4.90 Å². The van der Waals surface area contributed by atoms with Crippen molar-refractivity contribution in [2.24, 2.45) is 0 Å². The normalized spacial score (nSPS) is 13.1. The van der Waals surface area contributed by atoms with Crippen LogP contribution in [0.25, 0.3) is 21.8 Å². The van der Waals surface area contributed by atoms with Crippen molar-refractivity contribution in [3.8, 4) is 5.75 Å². The van der Waals surface area contributed by atoms with Crippen molar-refractivity contribution in [1.82, 2.24) is 20.5 Å². The number of halogens is 1. The van der Waals surface area contributed by atoms with Crippen LogP contribution in [0.1, 0.15) is 19.8 Å². The molecule has 1 heterocycles. The molecule has 6 N–H and O–H groups in total. The summed E-state index contributed by atoms with van der Waals surface area (Å²) in [6.45, 7) is 2.29. The zero-order valence-corrected chi connectivity index (χ0v) is 22.2. The summed E-state index contributed by atoms with van der Waals surface area (Å²) in [7, 11) is 1.62. The fourth-order valence-corrected chi connectivity index (χ4v) is 4.31. The van der Waals surface area contributed by atoms with Gasteiger partial charge in [0, 0.05) is 34.9 Å². The van der Waals surface area contributed by atoms with Gasteiger partial charge in [-0.05, 0) is 62.7 Å². The maximum Gasteiger partial charge on any atom is 0.317 e. The molecule has 0 amide bonds. The molecule has 3 rings (SSSR count). The van der Waals surface area contributed by atoms with Crippen LogP contribution in [0.2, 0.25) is 5.02 Å². The highest BCUT2D eigenvalue weighted by Crippen LogP contribution is 2.34. The Morgan fingerprint density at radius 2 is 1.87 bits per heavy atom. The van der Waals surface area contributed by atoms with Gasteiger partial charge >= 0.3 is 11.9 Å². The number of nitrogens with one attached hydrogen (secondary N) is 3. The van der Waals surface area contributed by atoms with Gasteiger partial charge in [0.1, 0.15) is 5.75 Å². The summed E-state index contributed by atoms with van der Waals surface area (Å²) in [5.74, 6) is -1.37. The van der Waals surface area contributed by atoms with E-state index >= 15 is 0 Å². The molecule has 12 heteroatoms. The van der Waals surface area contributed by atoms with Crippen LogP contribution in [-0.4, -0.2) is 89.4 Å². The molecule has 0 radical (unpaired) electrons. The zero-order chi connectivity index (χ0) is 27.7. The van der Waals surface area contributed by atoms with E-state index in [1.807, 2.05) is 36.4 Å². The lowest BCUT2D eigenvalue weighted by Crippen LogP contribution is -2.50. The molecule has 0 aliphatic carbocycles. The van der Waals surface area contributed by atoms with Gasteiger partial charge in [-0.25, -0.2) is 4.98 Å². The number of benzene rings is 2. The molecule has 0 fully saturated rings. The van der Waals surface area contributed by atoms with E-state index in [0.717, 1.165) is 39.7 Å². The van der Waals surface area contributed by atoms with Crippen LogP contribution in [-0.2, 0) is 9.59 Å². The third kappa shape index (κ3) is 8.40. The Labute approximate surface area is 225 Å². The molecular weight excluding hydrogens is 514 g/mol. The zero-order valence-electron chi connectivity index (χ0n) is 21.4. The highest BCUT2D eigenvalue weighted by atomic mass is 35.5. The minimum absolute atomic E-state index is 0.0694. The highest BCUT2D eigenvalue weighted by molar-refractivity contribution is 6.31. The molecule has 3 aromatic rings. The Balaban J connectivity index is 1.61. The summed E-state index contributed by atoms with van der Waals surface area (Å²) in [6.07, 6.45) is 0.299. The number of fused-ring (bicyclic) bond motifs is 2. The number of carbonyl (C=O) groups is 2. The predicted octanol–water partition coefficient (Wildman–Crippen LogP) is 2.56. The van der Waals surface area contributed by atoms with Crippen LogP contribution in [0.3, 0.4) is 0 Å². The first kappa shape index (κ1) is 29.3. The van der Waals surface area contributed by atoms with Gasteiger partial charge in [0.15, 0.2) is 6.35 Å². The molecular formula is C26H34ClN5O6. The van der Waals surface area contributed by atoms with Crippen molar-refractivity contribution in [2.45, 2.75) is 32.2 Å². The molecule has 1 aromatic heterocycles. The summed E-state index contributed by atoms with van der Waals surface area (Å²) >= 11 is 6.21. The number of carboxylic acid groups (broad SMARTS) is 2. The number of pyridine rings is 1. The summed E-state index contributed by atoms with van der Waals surface area (Å²) in [4.78, 5) is 27.9. The number of anilines is 1. The average molecular weight is 548 g/mol. The van der Waals surface area contributed by atoms with Gasteiger partial charge in [-0.3, -0.25) is 19.8 Å². The molecule has 0 saturated heterocycles. The second-order valence-corrected chi connectivity index (χ2v) is 9.42. The number of hydrogen-bond donors (Lipinski definition) is 6. The Morgan fingerprint density at radius 3 is 2.58 bits per heavy atom. The smallest absolute Gasteiger partial charge is 0.317 e. The molecule has 0 aliphatic heterocycles. The Bertz CT molecular complexity index is 1260. The van der Waals surface area contributed by atoms with E-state index in [2.05, 4.69) is 22.9 Å². The average Bonchev–Trinajstić information content (AvgIpc) is 2.87. The number of hydrogen-bond acceptors (Lipinski definition) is 9. The fourth-order valence-electron chi connectivity index (χ4n) is 4.15. The van der Waals surface area contributed by atoms with Crippen molar-refractivity contribution < 1.29 is 29.6 Å². The second kappa shape index (κ2) is 14.1. The van der Waals surface area contributed by atoms with Gasteiger partial charge in [0.2, 0.25) is 0 Å². The van der Waals surface area contributed by atoms with Crippen molar-refractivity contribution in [3.05, 3.63) is 41.4 Å². The van der Waals surface area contributed by atoms with Gasteiger partial charge in [-0.1, -0.05) is 11.6 Å². The summed E-state index contributed by atoms with van der Waals surface area (Å²) in [6, 6.07) is 11.4. The van der Waals surface area contributed by atoms with Gasteiger partial charge in [-0.15, -0.1) is 0 Å². The SMILES string of the molecule is COc1ccc2nc3cc(Cl)ccc3c(NC(C)CCCNC(O)N(CCNCC(=O)O)CC(=O)O)c2c1. The lowest BCUT2D eigenvalue weighted by molar-refractivity contribution is -0.142. The van der Waals surface area contributed by atoms with Crippen LogP contribution < -0.4 is 20.7 Å². The first-order valence-electron chi connectivity index (χ1n) is 12.3. The van der Waals surface area contributed by atoms with E-state index in [0.29, 0.717) is 18.0 Å². The lowest BCUT2D eigenvalue weighted by Gasteiger charge is -2.27. The standard InChI is InChI=1S/C26H34ClN5O6/c1-16(4-3-9-29-26(37)32(15-24(35)36)11-10-28-14-23(33)34)30-25-19-7-5-17(27)12-22(19)31-21-8-6-18(38-2)13-20(21)25/h5-8,12-13,16,26,28-29,37H,3-4,9-11,14-15H2,1-2H3,(H,30,31)(H,33,34)(H,35,36). The maximum absolute atomic E-state index is 11.2. The van der Waals surface area contributed by atoms with Crippen molar-refractivity contribution in [2.75, 3.05) is 45.2 Å². The van der Waals surface area contributed by atoms with Crippen molar-refractivity contribution in [3.63, 3.8) is 0 Å². The predicted molar refractivity (Wildman–Crippen MR) is 147 cm³/mol. The lowest BCUT2D eigenvalue weighted by atomic mass is 10.1. The minimum Gasteiger partial charge on any atom is -0.497 e. The van der Waals surface area contributed by atoms with E-state index in [1.54, 1.807) is 7.11 Å². The number of methoxy groups -OCH3 is 1. The van der Waals surface area contributed by atoms with Gasteiger partial charge in [-0.2, -0.15) is 0 Å². The fraction of sp³-hybridized carbons (Fsp3) is 0.423. The van der Waals surface area contributed by atoms with Gasteiger partial charge in [0.25, 0.3) is 0 Å². The van der Waals surface area contributed by atoms with E-state index in [-0.39, 0.29) is 32.2 Å². The minimum atomic E-state index is -1.17. The molecule has 38 heavy (non-hydrogen) atoms. The van der Waals surface area contributed by atoms with Crippen LogP contribution in [0.4, 0.5) is 5.69 Å². The molecule has 0 aliphatic rings. The molecule has 2 aromatic carbocycles. The first-order valence-corrected chi connectivity index (χ1v) is 12.7. The summed E-state index contributed by atoms with van der Waals surface area (Å²) < 4.78 is 5.42. The van der Waals surface area contributed by atoms with E-state index in [9.17, 15) is 14.7 Å². The van der Waals surface area contributed by atoms with Gasteiger partial charge < -0.3 is 30.7 Å². The Kier molecular flexibility index (Phi) is 10.9. The number of nitrogens with zero attached hydrogens (tertiary/aromatic N) is 2.